The van der Waals surface area contributed by atoms with Gasteiger partial charge in [0.25, 0.3) is 0 Å². The maximum absolute atomic E-state index is 11.3. The van der Waals surface area contributed by atoms with Crippen LogP contribution < -0.4 is 11.3 Å². The van der Waals surface area contributed by atoms with Crippen LogP contribution in [-0.4, -0.2) is 24.4 Å². The van der Waals surface area contributed by atoms with Gasteiger partial charge in [-0.2, -0.15) is 0 Å². The monoisotopic (exact) mass is 249 g/mol. The summed E-state index contributed by atoms with van der Waals surface area (Å²) in [7, 11) is 2.10. The van der Waals surface area contributed by atoms with Gasteiger partial charge in [0.1, 0.15) is 0 Å². The molecule has 18 heavy (non-hydrogen) atoms. The average molecular weight is 249 g/mol. The fraction of sp³-hybridized carbons (Fsp3) is 0.500. The Morgan fingerprint density at radius 1 is 1.33 bits per heavy atom. The van der Waals surface area contributed by atoms with Crippen molar-refractivity contribution < 1.29 is 4.79 Å². The number of hydrazine groups is 1. The third kappa shape index (κ3) is 4.85. The third-order valence-electron chi connectivity index (χ3n) is 2.75. The number of hydrogen-bond acceptors (Lipinski definition) is 3. The predicted molar refractivity (Wildman–Crippen MR) is 73.6 cm³/mol. The highest BCUT2D eigenvalue weighted by atomic mass is 16.2. The number of carbonyl (C=O) groups is 1. The Kier molecular flexibility index (Phi) is 5.82. The van der Waals surface area contributed by atoms with Gasteiger partial charge < -0.3 is 4.90 Å². The van der Waals surface area contributed by atoms with Crippen LogP contribution in [0.2, 0.25) is 0 Å². The van der Waals surface area contributed by atoms with Gasteiger partial charge >= 0.3 is 0 Å². The zero-order valence-corrected chi connectivity index (χ0v) is 11.4. The van der Waals surface area contributed by atoms with Crippen molar-refractivity contribution in [3.05, 3.63) is 35.4 Å². The molecule has 3 N–H and O–H groups in total. The van der Waals surface area contributed by atoms with E-state index in [1.54, 1.807) is 0 Å². The van der Waals surface area contributed by atoms with Gasteiger partial charge in [0.05, 0.1) is 6.42 Å². The molecule has 4 heteroatoms. The molecular weight excluding hydrogens is 226 g/mol. The first-order valence-electron chi connectivity index (χ1n) is 6.27. The lowest BCUT2D eigenvalue weighted by atomic mass is 10.0. The second kappa shape index (κ2) is 7.13. The first kappa shape index (κ1) is 14.7. The molecule has 0 unspecified atom stereocenters. The Balaban J connectivity index is 2.72. The highest BCUT2D eigenvalue weighted by molar-refractivity contribution is 5.78. The van der Waals surface area contributed by atoms with Gasteiger partial charge in [0.15, 0.2) is 0 Å². The van der Waals surface area contributed by atoms with Gasteiger partial charge in [-0.1, -0.05) is 38.1 Å². The second-order valence-electron chi connectivity index (χ2n) is 5.10. The van der Waals surface area contributed by atoms with E-state index in [2.05, 4.69) is 37.3 Å². The van der Waals surface area contributed by atoms with Crippen molar-refractivity contribution in [2.24, 2.45) is 11.8 Å². The number of amides is 1. The summed E-state index contributed by atoms with van der Waals surface area (Å²) in [5, 5.41) is 0. The minimum Gasteiger partial charge on any atom is -0.302 e. The van der Waals surface area contributed by atoms with Crippen molar-refractivity contribution in [1.29, 1.82) is 0 Å². The van der Waals surface area contributed by atoms with Gasteiger partial charge in [-0.25, -0.2) is 5.84 Å². The lowest BCUT2D eigenvalue weighted by Crippen LogP contribution is -2.32. The lowest BCUT2D eigenvalue weighted by molar-refractivity contribution is -0.120. The first-order valence-corrected chi connectivity index (χ1v) is 6.27. The van der Waals surface area contributed by atoms with Crippen LogP contribution in [0.5, 0.6) is 0 Å². The zero-order valence-electron chi connectivity index (χ0n) is 11.4. The Morgan fingerprint density at radius 2 is 1.94 bits per heavy atom. The van der Waals surface area contributed by atoms with Gasteiger partial charge in [0.2, 0.25) is 5.91 Å². The molecule has 0 aliphatic rings. The molecule has 0 atom stereocenters. The van der Waals surface area contributed by atoms with E-state index in [-0.39, 0.29) is 5.91 Å². The molecule has 0 aliphatic carbocycles. The number of carbonyl (C=O) groups excluding carboxylic acids is 1. The number of benzene rings is 1. The molecule has 100 valence electrons. The Bertz CT molecular complexity index is 390. The predicted octanol–water partition coefficient (Wildman–Crippen LogP) is 1.31. The van der Waals surface area contributed by atoms with Crippen molar-refractivity contribution in [3.8, 4) is 0 Å². The average Bonchev–Trinajstić information content (AvgIpc) is 2.30. The highest BCUT2D eigenvalue weighted by Crippen LogP contribution is 2.12. The first-order chi connectivity index (χ1) is 8.52. The van der Waals surface area contributed by atoms with Crippen molar-refractivity contribution >= 4 is 5.91 Å². The molecule has 0 aliphatic heterocycles. The number of hydrogen-bond donors (Lipinski definition) is 2. The van der Waals surface area contributed by atoms with Crippen molar-refractivity contribution in [2.45, 2.75) is 26.8 Å². The highest BCUT2D eigenvalue weighted by Gasteiger charge is 2.09. The Morgan fingerprint density at radius 3 is 2.50 bits per heavy atom. The molecule has 1 aromatic rings. The zero-order chi connectivity index (χ0) is 13.5. The van der Waals surface area contributed by atoms with Crippen LogP contribution in [0.4, 0.5) is 0 Å². The molecule has 1 rings (SSSR count). The van der Waals surface area contributed by atoms with Crippen molar-refractivity contribution in [2.75, 3.05) is 13.6 Å². The molecule has 4 nitrogen and oxygen atoms in total. The maximum Gasteiger partial charge on any atom is 0.238 e. The fourth-order valence-corrected chi connectivity index (χ4v) is 2.09. The summed E-state index contributed by atoms with van der Waals surface area (Å²) in [4.78, 5) is 13.6. The Labute approximate surface area is 109 Å². The molecule has 0 heterocycles. The lowest BCUT2D eigenvalue weighted by Gasteiger charge is -2.20. The quantitative estimate of drug-likeness (QED) is 0.454. The van der Waals surface area contributed by atoms with Crippen LogP contribution >= 0.6 is 0 Å². The molecule has 0 saturated carbocycles. The summed E-state index contributed by atoms with van der Waals surface area (Å²) < 4.78 is 0. The molecule has 0 aromatic heterocycles. The van der Waals surface area contributed by atoms with E-state index in [9.17, 15) is 4.79 Å². The molecule has 0 saturated heterocycles. The van der Waals surface area contributed by atoms with Gasteiger partial charge in [0, 0.05) is 13.1 Å². The fourth-order valence-electron chi connectivity index (χ4n) is 2.09. The van der Waals surface area contributed by atoms with Gasteiger partial charge in [-0.15, -0.1) is 0 Å². The molecule has 1 aromatic carbocycles. The number of rotatable bonds is 6. The molecular formula is C14H23N3O. The summed E-state index contributed by atoms with van der Waals surface area (Å²) in [6.07, 6.45) is 0.336. The normalized spacial score (nSPS) is 11.0. The van der Waals surface area contributed by atoms with Crippen LogP contribution in [0.3, 0.4) is 0 Å². The molecule has 0 spiro atoms. The summed E-state index contributed by atoms with van der Waals surface area (Å²) in [5.41, 5.74) is 4.40. The minimum absolute atomic E-state index is 0.158. The maximum atomic E-state index is 11.3. The summed E-state index contributed by atoms with van der Waals surface area (Å²) in [6.45, 7) is 6.29. The van der Waals surface area contributed by atoms with E-state index < -0.39 is 0 Å². The number of nitrogens with one attached hydrogen (secondary N) is 1. The number of nitrogens with zero attached hydrogens (tertiary/aromatic N) is 1. The summed E-state index contributed by atoms with van der Waals surface area (Å²) >= 11 is 0. The van der Waals surface area contributed by atoms with Gasteiger partial charge in [-0.05, 0) is 24.1 Å². The van der Waals surface area contributed by atoms with E-state index in [1.807, 2.05) is 18.2 Å². The Hall–Kier alpha value is -1.39. The smallest absolute Gasteiger partial charge is 0.238 e. The third-order valence-corrected chi connectivity index (χ3v) is 2.75. The summed E-state index contributed by atoms with van der Waals surface area (Å²) in [5.74, 6) is 5.60. The van der Waals surface area contributed by atoms with Crippen LogP contribution in [0.1, 0.15) is 25.0 Å². The van der Waals surface area contributed by atoms with Crippen LogP contribution in [0.25, 0.3) is 0 Å². The van der Waals surface area contributed by atoms with E-state index in [0.29, 0.717) is 12.3 Å². The van der Waals surface area contributed by atoms with E-state index >= 15 is 0 Å². The molecule has 1 amide bonds. The summed E-state index contributed by atoms with van der Waals surface area (Å²) in [6, 6.07) is 8.00. The van der Waals surface area contributed by atoms with E-state index in [1.165, 1.54) is 5.56 Å². The largest absolute Gasteiger partial charge is 0.302 e. The van der Waals surface area contributed by atoms with Crippen LogP contribution in [0.15, 0.2) is 24.3 Å². The standard InChI is InChI=1S/C14H23N3O/c1-11(2)9-17(3)10-13-7-5-4-6-12(13)8-14(18)16-15/h4-7,11H,8-10,15H2,1-3H3,(H,16,18). The SMILES string of the molecule is CC(C)CN(C)Cc1ccccc1CC(=O)NN. The van der Waals surface area contributed by atoms with Crippen LogP contribution in [-0.2, 0) is 17.8 Å². The van der Waals surface area contributed by atoms with E-state index in [0.717, 1.165) is 18.7 Å². The molecule has 0 fully saturated rings. The second-order valence-corrected chi connectivity index (χ2v) is 5.10. The minimum atomic E-state index is -0.158. The topological polar surface area (TPSA) is 58.4 Å². The number of nitrogens with two attached hydrogens (primary N) is 1. The van der Waals surface area contributed by atoms with Gasteiger partial charge in [-0.3, -0.25) is 10.2 Å². The van der Waals surface area contributed by atoms with E-state index in [4.69, 9.17) is 5.84 Å². The van der Waals surface area contributed by atoms with Crippen molar-refractivity contribution in [1.82, 2.24) is 10.3 Å². The van der Waals surface area contributed by atoms with Crippen molar-refractivity contribution in [3.63, 3.8) is 0 Å². The molecule has 0 radical (unpaired) electrons. The molecule has 0 bridgehead atoms. The van der Waals surface area contributed by atoms with Crippen LogP contribution in [0, 0.1) is 5.92 Å².